The van der Waals surface area contributed by atoms with E-state index in [-0.39, 0.29) is 0 Å². The van der Waals surface area contributed by atoms with Crippen molar-refractivity contribution in [2.45, 2.75) is 4.84 Å². The van der Waals surface area contributed by atoms with Crippen molar-refractivity contribution in [3.8, 4) is 0 Å². The first-order valence-corrected chi connectivity index (χ1v) is 3.64. The number of aromatic nitrogens is 1. The van der Waals surface area contributed by atoms with Gasteiger partial charge in [-0.3, -0.25) is 0 Å². The van der Waals surface area contributed by atoms with Crippen LogP contribution >= 0.6 is 34.7 Å². The summed E-state index contributed by atoms with van der Waals surface area (Å²) in [5, 5.41) is 0. The second-order valence-electron chi connectivity index (χ2n) is 1.22. The smallest absolute Gasteiger partial charge is 0.143 e. The molecule has 0 amide bonds. The Kier molecular flexibility index (Phi) is 2.11. The van der Waals surface area contributed by atoms with Gasteiger partial charge in [0.15, 0.2) is 0 Å². The van der Waals surface area contributed by atoms with Crippen LogP contribution in [0.15, 0.2) is 12.3 Å². The maximum atomic E-state index is 5.48. The van der Waals surface area contributed by atoms with Gasteiger partial charge in [-0.25, -0.2) is 4.37 Å². The van der Waals surface area contributed by atoms with Gasteiger partial charge in [0.25, 0.3) is 0 Å². The lowest BCUT2D eigenvalue weighted by molar-refractivity contribution is 1.45. The van der Waals surface area contributed by atoms with Crippen molar-refractivity contribution in [2.75, 3.05) is 0 Å². The van der Waals surface area contributed by atoms with Crippen LogP contribution in [0.2, 0.25) is 0 Å². The van der Waals surface area contributed by atoms with Crippen molar-refractivity contribution >= 4 is 34.7 Å². The molecule has 0 bridgehead atoms. The minimum absolute atomic E-state index is 0.414. The summed E-state index contributed by atoms with van der Waals surface area (Å²) in [7, 11) is 0. The number of hydrogen-bond acceptors (Lipinski definition) is 2. The van der Waals surface area contributed by atoms with E-state index in [1.165, 1.54) is 11.5 Å². The lowest BCUT2D eigenvalue weighted by Crippen LogP contribution is -1.67. The largest absolute Gasteiger partial charge is 0.201 e. The predicted molar refractivity (Wildman–Crippen MR) is 36.6 cm³/mol. The Morgan fingerprint density at radius 1 is 1.62 bits per heavy atom. The van der Waals surface area contributed by atoms with E-state index >= 15 is 0 Å². The fourth-order valence-electron chi connectivity index (χ4n) is 0.338. The zero-order valence-electron chi connectivity index (χ0n) is 3.84. The Morgan fingerprint density at radius 2 is 2.38 bits per heavy atom. The lowest BCUT2D eigenvalue weighted by Gasteiger charge is -1.88. The molecule has 1 aromatic heterocycles. The first-order chi connectivity index (χ1) is 3.80. The van der Waals surface area contributed by atoms with E-state index in [0.717, 1.165) is 4.88 Å². The summed E-state index contributed by atoms with van der Waals surface area (Å²) >= 11 is 12.3. The molecule has 44 valence electrons. The number of halogens is 2. The molecular weight excluding hydrogens is 165 g/mol. The van der Waals surface area contributed by atoms with Gasteiger partial charge in [-0.05, 0) is 17.6 Å². The molecule has 4 heteroatoms. The molecule has 0 aliphatic heterocycles. The van der Waals surface area contributed by atoms with Crippen LogP contribution in [-0.4, -0.2) is 4.37 Å². The third kappa shape index (κ3) is 1.34. The molecule has 1 aromatic rings. The Hall–Kier alpha value is 0.210. The van der Waals surface area contributed by atoms with Crippen LogP contribution in [0, 0.1) is 0 Å². The Morgan fingerprint density at radius 3 is 2.62 bits per heavy atom. The van der Waals surface area contributed by atoms with Crippen LogP contribution in [0.25, 0.3) is 0 Å². The molecule has 1 nitrogen and oxygen atoms in total. The van der Waals surface area contributed by atoms with E-state index in [0.29, 0.717) is 0 Å². The highest BCUT2D eigenvalue weighted by Gasteiger charge is 2.02. The van der Waals surface area contributed by atoms with Crippen molar-refractivity contribution in [3.63, 3.8) is 0 Å². The zero-order valence-corrected chi connectivity index (χ0v) is 6.17. The van der Waals surface area contributed by atoms with Crippen molar-refractivity contribution in [2.24, 2.45) is 0 Å². The first-order valence-electron chi connectivity index (χ1n) is 1.99. The molecule has 0 saturated carbocycles. The van der Waals surface area contributed by atoms with Gasteiger partial charge in [0.05, 0.1) is 4.88 Å². The molecular formula is C4H3Cl2NS. The molecule has 0 fully saturated rings. The summed E-state index contributed by atoms with van der Waals surface area (Å²) in [4.78, 5) is 0.482. The van der Waals surface area contributed by atoms with Crippen LogP contribution in [0.5, 0.6) is 0 Å². The lowest BCUT2D eigenvalue weighted by atomic mass is 10.6. The SMILES string of the molecule is ClC(Cl)c1ccns1. The molecule has 0 N–H and O–H groups in total. The van der Waals surface area contributed by atoms with Crippen LogP contribution in [0.3, 0.4) is 0 Å². The van der Waals surface area contributed by atoms with Gasteiger partial charge in [0, 0.05) is 6.20 Å². The summed E-state index contributed by atoms with van der Waals surface area (Å²) in [6.45, 7) is 0. The van der Waals surface area contributed by atoms with E-state index < -0.39 is 4.84 Å². The van der Waals surface area contributed by atoms with Crippen LogP contribution in [0.4, 0.5) is 0 Å². The van der Waals surface area contributed by atoms with Gasteiger partial charge in [-0.15, -0.1) is 0 Å². The molecule has 1 rings (SSSR count). The predicted octanol–water partition coefficient (Wildman–Crippen LogP) is 2.62. The maximum absolute atomic E-state index is 5.48. The second-order valence-corrected chi connectivity index (χ2v) is 3.18. The number of alkyl halides is 2. The monoisotopic (exact) mass is 167 g/mol. The van der Waals surface area contributed by atoms with Crippen molar-refractivity contribution in [1.82, 2.24) is 4.37 Å². The van der Waals surface area contributed by atoms with E-state index in [1.807, 2.05) is 0 Å². The zero-order chi connectivity index (χ0) is 5.98. The van der Waals surface area contributed by atoms with Gasteiger partial charge in [0.2, 0.25) is 0 Å². The normalized spacial score (nSPS) is 10.4. The maximum Gasteiger partial charge on any atom is 0.143 e. The Balaban J connectivity index is 2.77. The number of nitrogens with zero attached hydrogens (tertiary/aromatic N) is 1. The molecule has 0 saturated heterocycles. The standard InChI is InChI=1S/C4H3Cl2NS/c5-4(6)3-1-2-7-8-3/h1-2,4H. The molecule has 0 aromatic carbocycles. The fraction of sp³-hybridized carbons (Fsp3) is 0.250. The molecule has 8 heavy (non-hydrogen) atoms. The van der Waals surface area contributed by atoms with E-state index in [1.54, 1.807) is 12.3 Å². The van der Waals surface area contributed by atoms with Crippen molar-refractivity contribution in [1.29, 1.82) is 0 Å². The minimum atomic E-state index is -0.414. The van der Waals surface area contributed by atoms with Crippen LogP contribution in [0.1, 0.15) is 9.71 Å². The topological polar surface area (TPSA) is 12.9 Å². The summed E-state index contributed by atoms with van der Waals surface area (Å²) in [5.41, 5.74) is 0. The number of hydrogen-bond donors (Lipinski definition) is 0. The fourth-order valence-corrected chi connectivity index (χ4v) is 1.17. The quantitative estimate of drug-likeness (QED) is 0.587. The highest BCUT2D eigenvalue weighted by atomic mass is 35.5. The number of rotatable bonds is 1. The molecule has 0 spiro atoms. The molecule has 1 heterocycles. The Labute approximate surface area is 61.4 Å². The van der Waals surface area contributed by atoms with E-state index in [4.69, 9.17) is 23.2 Å². The van der Waals surface area contributed by atoms with Gasteiger partial charge >= 0.3 is 0 Å². The van der Waals surface area contributed by atoms with Gasteiger partial charge in [-0.2, -0.15) is 0 Å². The highest BCUT2D eigenvalue weighted by Crippen LogP contribution is 2.26. The molecule has 0 radical (unpaired) electrons. The van der Waals surface area contributed by atoms with Gasteiger partial charge < -0.3 is 0 Å². The third-order valence-electron chi connectivity index (χ3n) is 0.673. The van der Waals surface area contributed by atoms with E-state index in [2.05, 4.69) is 4.37 Å². The average molecular weight is 168 g/mol. The minimum Gasteiger partial charge on any atom is -0.201 e. The second kappa shape index (κ2) is 2.67. The van der Waals surface area contributed by atoms with Crippen LogP contribution < -0.4 is 0 Å². The Bertz CT molecular complexity index is 149. The first kappa shape index (κ1) is 6.33. The summed E-state index contributed by atoms with van der Waals surface area (Å²) in [6.07, 6.45) is 1.68. The summed E-state index contributed by atoms with van der Waals surface area (Å²) in [6, 6.07) is 1.80. The molecule has 0 atom stereocenters. The average Bonchev–Trinajstić information content (AvgIpc) is 2.12. The third-order valence-corrected chi connectivity index (χ3v) is 2.21. The molecule has 0 aliphatic rings. The molecule has 0 unspecified atom stereocenters. The van der Waals surface area contributed by atoms with Crippen molar-refractivity contribution < 1.29 is 0 Å². The van der Waals surface area contributed by atoms with Gasteiger partial charge in [0.1, 0.15) is 4.84 Å². The summed E-state index contributed by atoms with van der Waals surface area (Å²) in [5.74, 6) is 0. The summed E-state index contributed by atoms with van der Waals surface area (Å²) < 4.78 is 3.82. The van der Waals surface area contributed by atoms with E-state index in [9.17, 15) is 0 Å². The van der Waals surface area contributed by atoms with Crippen molar-refractivity contribution in [3.05, 3.63) is 17.1 Å². The van der Waals surface area contributed by atoms with Gasteiger partial charge in [-0.1, -0.05) is 23.2 Å². The van der Waals surface area contributed by atoms with Crippen LogP contribution in [-0.2, 0) is 0 Å². The highest BCUT2D eigenvalue weighted by molar-refractivity contribution is 7.06. The molecule has 0 aliphatic carbocycles.